The van der Waals surface area contributed by atoms with Crippen molar-refractivity contribution in [1.82, 2.24) is 9.80 Å². The Morgan fingerprint density at radius 1 is 0.875 bits per heavy atom. The van der Waals surface area contributed by atoms with E-state index < -0.39 is 0 Å². The average molecular weight is 222 g/mol. The van der Waals surface area contributed by atoms with Crippen molar-refractivity contribution in [2.24, 2.45) is 0 Å². The van der Waals surface area contributed by atoms with Crippen molar-refractivity contribution in [2.45, 2.75) is 57.0 Å². The Morgan fingerprint density at radius 3 is 2.44 bits per heavy atom. The van der Waals surface area contributed by atoms with Crippen LogP contribution in [0.2, 0.25) is 0 Å². The fraction of sp³-hybridized carbons (Fsp3) is 0.923. The van der Waals surface area contributed by atoms with E-state index in [1.807, 2.05) is 0 Å². The van der Waals surface area contributed by atoms with Gasteiger partial charge in [-0.25, -0.2) is 0 Å². The van der Waals surface area contributed by atoms with E-state index in [9.17, 15) is 4.79 Å². The van der Waals surface area contributed by atoms with E-state index in [4.69, 9.17) is 0 Å². The van der Waals surface area contributed by atoms with Gasteiger partial charge in [0.2, 0.25) is 5.91 Å². The molecule has 16 heavy (non-hydrogen) atoms. The predicted octanol–water partition coefficient (Wildman–Crippen LogP) is 1.63. The summed E-state index contributed by atoms with van der Waals surface area (Å²) < 4.78 is 0. The molecular formula is C13H22N2O. The van der Waals surface area contributed by atoms with Crippen LogP contribution >= 0.6 is 0 Å². The van der Waals surface area contributed by atoms with E-state index in [1.54, 1.807) is 0 Å². The summed E-state index contributed by atoms with van der Waals surface area (Å²) in [5, 5.41) is 0. The topological polar surface area (TPSA) is 23.6 Å². The maximum atomic E-state index is 12.0. The summed E-state index contributed by atoms with van der Waals surface area (Å²) in [5.74, 6) is 0.424. The van der Waals surface area contributed by atoms with Crippen LogP contribution in [-0.4, -0.2) is 47.4 Å². The minimum Gasteiger partial charge on any atom is -0.340 e. The van der Waals surface area contributed by atoms with Gasteiger partial charge in [-0.2, -0.15) is 0 Å². The first-order chi connectivity index (χ1) is 7.84. The lowest BCUT2D eigenvalue weighted by Crippen LogP contribution is -2.48. The summed E-state index contributed by atoms with van der Waals surface area (Å²) in [6.45, 7) is 3.57. The van der Waals surface area contributed by atoms with E-state index in [0.29, 0.717) is 18.0 Å². The summed E-state index contributed by atoms with van der Waals surface area (Å²) in [7, 11) is 0. The lowest BCUT2D eigenvalue weighted by atomic mass is 9.94. The summed E-state index contributed by atoms with van der Waals surface area (Å²) in [6, 6.07) is 1.29. The van der Waals surface area contributed by atoms with Gasteiger partial charge in [0, 0.05) is 25.0 Å². The largest absolute Gasteiger partial charge is 0.340 e. The van der Waals surface area contributed by atoms with Crippen LogP contribution in [0.5, 0.6) is 0 Å². The van der Waals surface area contributed by atoms with Crippen molar-refractivity contribution in [2.75, 3.05) is 19.6 Å². The molecule has 3 aliphatic heterocycles. The van der Waals surface area contributed by atoms with Crippen LogP contribution in [0.3, 0.4) is 0 Å². The van der Waals surface area contributed by atoms with Crippen LogP contribution in [0.4, 0.5) is 0 Å². The van der Waals surface area contributed by atoms with Crippen LogP contribution in [-0.2, 0) is 4.79 Å². The fourth-order valence-electron chi connectivity index (χ4n) is 3.50. The second kappa shape index (κ2) is 4.36. The zero-order valence-electron chi connectivity index (χ0n) is 10.0. The van der Waals surface area contributed by atoms with Crippen molar-refractivity contribution in [1.29, 1.82) is 0 Å². The Bertz CT molecular complexity index is 275. The molecule has 3 aliphatic rings. The number of carbonyl (C=O) groups is 1. The van der Waals surface area contributed by atoms with Gasteiger partial charge in [0.1, 0.15) is 0 Å². The first kappa shape index (κ1) is 10.6. The molecular weight excluding hydrogens is 200 g/mol. The molecule has 1 amide bonds. The predicted molar refractivity (Wildman–Crippen MR) is 63.2 cm³/mol. The molecule has 0 saturated carbocycles. The van der Waals surface area contributed by atoms with Gasteiger partial charge in [-0.1, -0.05) is 0 Å². The SMILES string of the molecule is O=C1CCC(N2CCC2)CCC2CCCN12. The van der Waals surface area contributed by atoms with Gasteiger partial charge >= 0.3 is 0 Å². The third-order valence-electron chi connectivity index (χ3n) is 4.63. The molecule has 3 saturated heterocycles. The zero-order valence-corrected chi connectivity index (χ0v) is 10.0. The molecule has 2 unspecified atom stereocenters. The lowest BCUT2D eigenvalue weighted by Gasteiger charge is -2.41. The molecule has 0 radical (unpaired) electrons. The number of rotatable bonds is 1. The molecule has 90 valence electrons. The monoisotopic (exact) mass is 222 g/mol. The highest BCUT2D eigenvalue weighted by Gasteiger charge is 2.33. The van der Waals surface area contributed by atoms with Crippen molar-refractivity contribution >= 4 is 5.91 Å². The third-order valence-corrected chi connectivity index (χ3v) is 4.63. The molecule has 0 N–H and O–H groups in total. The van der Waals surface area contributed by atoms with Crippen LogP contribution in [0.15, 0.2) is 0 Å². The number of carbonyl (C=O) groups excluding carboxylic acids is 1. The molecule has 3 rings (SSSR count). The summed E-state index contributed by atoms with van der Waals surface area (Å²) in [4.78, 5) is 16.8. The first-order valence-corrected chi connectivity index (χ1v) is 6.88. The van der Waals surface area contributed by atoms with Crippen molar-refractivity contribution < 1.29 is 4.79 Å². The van der Waals surface area contributed by atoms with Gasteiger partial charge in [0.15, 0.2) is 0 Å². The molecule has 3 heteroatoms. The molecule has 3 heterocycles. The Balaban J connectivity index is 1.64. The number of fused-ring (bicyclic) bond motifs is 1. The fourth-order valence-corrected chi connectivity index (χ4v) is 3.50. The molecule has 3 fully saturated rings. The van der Waals surface area contributed by atoms with Crippen molar-refractivity contribution in [3.63, 3.8) is 0 Å². The van der Waals surface area contributed by atoms with Crippen molar-refractivity contribution in [3.8, 4) is 0 Å². The molecule has 0 aromatic heterocycles. The minimum absolute atomic E-state index is 0.424. The van der Waals surface area contributed by atoms with Crippen LogP contribution in [0.1, 0.15) is 44.9 Å². The van der Waals surface area contributed by atoms with Crippen LogP contribution in [0, 0.1) is 0 Å². The second-order valence-electron chi connectivity index (χ2n) is 5.54. The molecule has 0 aliphatic carbocycles. The average Bonchev–Trinajstić information content (AvgIpc) is 2.64. The molecule has 0 aromatic carbocycles. The maximum Gasteiger partial charge on any atom is 0.222 e. The van der Waals surface area contributed by atoms with E-state index >= 15 is 0 Å². The van der Waals surface area contributed by atoms with Crippen molar-refractivity contribution in [3.05, 3.63) is 0 Å². The Hall–Kier alpha value is -0.570. The first-order valence-electron chi connectivity index (χ1n) is 6.88. The van der Waals surface area contributed by atoms with Gasteiger partial charge in [-0.15, -0.1) is 0 Å². The van der Waals surface area contributed by atoms with E-state index in [0.717, 1.165) is 19.4 Å². The van der Waals surface area contributed by atoms with Crippen LogP contribution in [0.25, 0.3) is 0 Å². The van der Waals surface area contributed by atoms with Crippen LogP contribution < -0.4 is 0 Å². The van der Waals surface area contributed by atoms with Gasteiger partial charge in [0.05, 0.1) is 0 Å². The highest BCUT2D eigenvalue weighted by molar-refractivity contribution is 5.77. The van der Waals surface area contributed by atoms with Gasteiger partial charge in [-0.3, -0.25) is 4.79 Å². The highest BCUT2D eigenvalue weighted by atomic mass is 16.2. The quantitative estimate of drug-likeness (QED) is 0.673. The molecule has 0 bridgehead atoms. The molecule has 0 aromatic rings. The molecule has 2 atom stereocenters. The van der Waals surface area contributed by atoms with Gasteiger partial charge in [0.25, 0.3) is 0 Å². The van der Waals surface area contributed by atoms with E-state index in [2.05, 4.69) is 9.80 Å². The standard InChI is InChI=1S/C13H22N2O/c16-13-7-6-11(14-8-2-9-14)4-5-12-3-1-10-15(12)13/h11-12H,1-10H2. The van der Waals surface area contributed by atoms with Gasteiger partial charge < -0.3 is 9.80 Å². The number of hydrogen-bond donors (Lipinski definition) is 0. The Morgan fingerprint density at radius 2 is 1.69 bits per heavy atom. The maximum absolute atomic E-state index is 12.0. The Labute approximate surface area is 97.8 Å². The number of likely N-dealkylation sites (tertiary alicyclic amines) is 1. The molecule has 3 nitrogen and oxygen atoms in total. The summed E-state index contributed by atoms with van der Waals surface area (Å²) in [5.41, 5.74) is 0. The smallest absolute Gasteiger partial charge is 0.222 e. The van der Waals surface area contributed by atoms with E-state index in [-0.39, 0.29) is 0 Å². The second-order valence-corrected chi connectivity index (χ2v) is 5.54. The lowest BCUT2D eigenvalue weighted by molar-refractivity contribution is -0.133. The number of nitrogens with zero attached hydrogens (tertiary/aromatic N) is 2. The molecule has 0 spiro atoms. The van der Waals surface area contributed by atoms with Gasteiger partial charge in [-0.05, 0) is 51.6 Å². The minimum atomic E-state index is 0.424. The number of amides is 1. The number of hydrogen-bond acceptors (Lipinski definition) is 2. The van der Waals surface area contributed by atoms with E-state index in [1.165, 1.54) is 45.2 Å². The Kier molecular flexibility index (Phi) is 2.88. The summed E-state index contributed by atoms with van der Waals surface area (Å²) in [6.07, 6.45) is 8.28. The zero-order chi connectivity index (χ0) is 11.0. The summed E-state index contributed by atoms with van der Waals surface area (Å²) >= 11 is 0. The third kappa shape index (κ3) is 1.86. The highest BCUT2D eigenvalue weighted by Crippen LogP contribution is 2.29. The normalized spacial score (nSPS) is 36.5.